The van der Waals surface area contributed by atoms with Crippen LogP contribution in [0, 0.1) is 11.3 Å². The minimum atomic E-state index is -5.61. The molecule has 2 aromatic carbocycles. The number of amides is 1. The number of carboxylic acid groups (broad SMARTS) is 1. The standard InChI is InChI=1S/C26H26Cl2F3NO5S/c1-25(13-22(33)34)12-20(17-3-2-4-19(28)11-17)23(16-7-9-18(27)10-8-16)32(24(25)35)14-21(15-5-6-15)38(36,37)26(29,30)31/h2-4,7-11,15,20-21,23H,5-6,12-14H2,1H3,(H,33,34)/t20?,21-,23?,25?/m0/s1. The largest absolute Gasteiger partial charge is 0.497 e. The number of rotatable bonds is 8. The van der Waals surface area contributed by atoms with Crippen molar-refractivity contribution in [2.75, 3.05) is 6.54 Å². The number of benzene rings is 2. The first-order valence-electron chi connectivity index (χ1n) is 12.0. The first kappa shape index (κ1) is 28.7. The molecule has 4 atom stereocenters. The minimum Gasteiger partial charge on any atom is -0.481 e. The monoisotopic (exact) mass is 591 g/mol. The maximum absolute atomic E-state index is 14.0. The van der Waals surface area contributed by atoms with E-state index in [1.807, 2.05) is 0 Å². The van der Waals surface area contributed by atoms with Gasteiger partial charge in [-0.1, -0.05) is 54.4 Å². The molecule has 0 radical (unpaired) electrons. The Balaban J connectivity index is 1.90. The number of carboxylic acids is 1. The zero-order valence-electron chi connectivity index (χ0n) is 20.3. The number of likely N-dealkylation sites (tertiary alicyclic amines) is 1. The normalized spacial score (nSPS) is 25.3. The molecule has 12 heteroatoms. The van der Waals surface area contributed by atoms with Gasteiger partial charge in [0, 0.05) is 22.5 Å². The highest BCUT2D eigenvalue weighted by molar-refractivity contribution is 7.92. The molecule has 4 rings (SSSR count). The number of alkyl halides is 3. The van der Waals surface area contributed by atoms with Gasteiger partial charge in [0.25, 0.3) is 9.84 Å². The molecule has 1 saturated carbocycles. The first-order chi connectivity index (χ1) is 17.6. The van der Waals surface area contributed by atoms with E-state index < -0.39 is 68.7 Å². The summed E-state index contributed by atoms with van der Waals surface area (Å²) < 4.78 is 66.4. The molecule has 38 heavy (non-hydrogen) atoms. The van der Waals surface area contributed by atoms with Gasteiger partial charge in [-0.2, -0.15) is 13.2 Å². The molecule has 3 unspecified atom stereocenters. The average Bonchev–Trinajstić information content (AvgIpc) is 3.64. The van der Waals surface area contributed by atoms with Crippen molar-refractivity contribution in [3.8, 4) is 0 Å². The van der Waals surface area contributed by atoms with Gasteiger partial charge in [-0.15, -0.1) is 0 Å². The van der Waals surface area contributed by atoms with E-state index in [-0.39, 0.29) is 19.3 Å². The summed E-state index contributed by atoms with van der Waals surface area (Å²) in [5.41, 5.74) is -5.82. The quantitative estimate of drug-likeness (QED) is 0.392. The second kappa shape index (κ2) is 10.4. The average molecular weight is 592 g/mol. The number of sulfone groups is 1. The Morgan fingerprint density at radius 2 is 1.74 bits per heavy atom. The molecule has 1 saturated heterocycles. The number of piperidine rings is 1. The lowest BCUT2D eigenvalue weighted by Crippen LogP contribution is -2.56. The third kappa shape index (κ3) is 5.67. The van der Waals surface area contributed by atoms with E-state index in [0.29, 0.717) is 21.2 Å². The van der Waals surface area contributed by atoms with E-state index >= 15 is 0 Å². The Labute approximate surface area is 228 Å². The van der Waals surface area contributed by atoms with Crippen molar-refractivity contribution in [3.05, 3.63) is 69.7 Å². The van der Waals surface area contributed by atoms with Gasteiger partial charge in [0.05, 0.1) is 23.1 Å². The molecular weight excluding hydrogens is 566 g/mol. The van der Waals surface area contributed by atoms with E-state index in [2.05, 4.69) is 0 Å². The van der Waals surface area contributed by atoms with Gasteiger partial charge < -0.3 is 10.0 Å². The molecule has 0 aromatic heterocycles. The second-order valence-corrected chi connectivity index (χ2v) is 13.3. The minimum absolute atomic E-state index is 0.0579. The van der Waals surface area contributed by atoms with Crippen LogP contribution in [0.4, 0.5) is 13.2 Å². The first-order valence-corrected chi connectivity index (χ1v) is 14.3. The van der Waals surface area contributed by atoms with Crippen molar-refractivity contribution < 1.29 is 36.3 Å². The van der Waals surface area contributed by atoms with Crippen molar-refractivity contribution in [2.24, 2.45) is 11.3 Å². The topological polar surface area (TPSA) is 91.8 Å². The van der Waals surface area contributed by atoms with Crippen molar-refractivity contribution in [1.29, 1.82) is 0 Å². The smallest absolute Gasteiger partial charge is 0.481 e. The highest BCUT2D eigenvalue weighted by Gasteiger charge is 2.58. The Morgan fingerprint density at radius 3 is 2.26 bits per heavy atom. The molecule has 1 aliphatic carbocycles. The SMILES string of the molecule is CC1(CC(=O)O)CC(c2cccc(Cl)c2)C(c2ccc(Cl)cc2)N(C[C@@H](C2CC2)S(=O)(=O)C(F)(F)F)C1=O. The fourth-order valence-corrected chi connectivity index (χ4v) is 7.30. The Hall–Kier alpha value is -2.30. The van der Waals surface area contributed by atoms with Gasteiger partial charge in [0.15, 0.2) is 0 Å². The lowest BCUT2D eigenvalue weighted by Gasteiger charge is -2.50. The summed E-state index contributed by atoms with van der Waals surface area (Å²) in [4.78, 5) is 26.9. The van der Waals surface area contributed by atoms with Crippen LogP contribution in [0.25, 0.3) is 0 Å². The Bertz CT molecular complexity index is 1330. The van der Waals surface area contributed by atoms with Crippen LogP contribution in [0.1, 0.15) is 55.7 Å². The van der Waals surface area contributed by atoms with Gasteiger partial charge in [0.1, 0.15) is 0 Å². The number of halogens is 5. The molecular formula is C26H26Cl2F3NO5S. The molecule has 1 amide bonds. The number of carbonyl (C=O) groups excluding carboxylic acids is 1. The fourth-order valence-electron chi connectivity index (χ4n) is 5.50. The molecule has 1 N–H and O–H groups in total. The van der Waals surface area contributed by atoms with Crippen LogP contribution in [-0.2, 0) is 19.4 Å². The Morgan fingerprint density at radius 1 is 1.11 bits per heavy atom. The van der Waals surface area contributed by atoms with Crippen LogP contribution in [-0.4, -0.2) is 47.6 Å². The molecule has 2 aromatic rings. The number of hydrogen-bond acceptors (Lipinski definition) is 4. The number of carbonyl (C=O) groups is 2. The molecule has 2 fully saturated rings. The van der Waals surface area contributed by atoms with Gasteiger partial charge in [-0.3, -0.25) is 9.59 Å². The lowest BCUT2D eigenvalue weighted by molar-refractivity contribution is -0.157. The van der Waals surface area contributed by atoms with Crippen LogP contribution in [0.15, 0.2) is 48.5 Å². The van der Waals surface area contributed by atoms with Gasteiger partial charge >= 0.3 is 11.5 Å². The molecule has 1 heterocycles. The van der Waals surface area contributed by atoms with Gasteiger partial charge in [-0.25, -0.2) is 8.42 Å². The number of nitrogens with zero attached hydrogens (tertiary/aromatic N) is 1. The summed E-state index contributed by atoms with van der Waals surface area (Å²) in [5, 5.41) is 8.53. The third-order valence-electron chi connectivity index (χ3n) is 7.44. The summed E-state index contributed by atoms with van der Waals surface area (Å²) in [5.74, 6) is -3.30. The van der Waals surface area contributed by atoms with Crippen molar-refractivity contribution in [3.63, 3.8) is 0 Å². The zero-order chi connectivity index (χ0) is 28.0. The second-order valence-electron chi connectivity index (χ2n) is 10.3. The molecule has 1 aliphatic heterocycles. The zero-order valence-corrected chi connectivity index (χ0v) is 22.6. The molecule has 206 valence electrons. The lowest BCUT2D eigenvalue weighted by atomic mass is 9.67. The maximum Gasteiger partial charge on any atom is 0.497 e. The van der Waals surface area contributed by atoms with Gasteiger partial charge in [0.2, 0.25) is 5.91 Å². The molecule has 2 aliphatic rings. The maximum atomic E-state index is 14.0. The highest BCUT2D eigenvalue weighted by atomic mass is 35.5. The van der Waals surface area contributed by atoms with Crippen molar-refractivity contribution in [1.82, 2.24) is 4.90 Å². The van der Waals surface area contributed by atoms with Crippen LogP contribution < -0.4 is 0 Å². The predicted octanol–water partition coefficient (Wildman–Crippen LogP) is 6.24. The summed E-state index contributed by atoms with van der Waals surface area (Å²) >= 11 is 12.3. The van der Waals surface area contributed by atoms with Crippen LogP contribution >= 0.6 is 23.2 Å². The fraction of sp³-hybridized carbons (Fsp3) is 0.462. The van der Waals surface area contributed by atoms with E-state index in [1.54, 1.807) is 48.5 Å². The Kier molecular flexibility index (Phi) is 7.82. The summed E-state index contributed by atoms with van der Waals surface area (Å²) in [7, 11) is -5.61. The van der Waals surface area contributed by atoms with E-state index in [1.165, 1.54) is 6.92 Å². The summed E-state index contributed by atoms with van der Waals surface area (Å²) in [6, 6.07) is 12.3. The van der Waals surface area contributed by atoms with Crippen LogP contribution in [0.5, 0.6) is 0 Å². The van der Waals surface area contributed by atoms with Crippen molar-refractivity contribution >= 4 is 44.9 Å². The van der Waals surface area contributed by atoms with Crippen LogP contribution in [0.2, 0.25) is 10.0 Å². The number of hydrogen-bond donors (Lipinski definition) is 1. The molecule has 6 nitrogen and oxygen atoms in total. The van der Waals surface area contributed by atoms with E-state index in [9.17, 15) is 36.3 Å². The van der Waals surface area contributed by atoms with Gasteiger partial charge in [-0.05, 0) is 60.6 Å². The number of aliphatic carboxylic acids is 1. The third-order valence-corrected chi connectivity index (χ3v) is 9.90. The molecule has 0 bridgehead atoms. The summed E-state index contributed by atoms with van der Waals surface area (Å²) in [6.07, 6.45) is 0.0602. The van der Waals surface area contributed by atoms with E-state index in [4.69, 9.17) is 23.2 Å². The predicted molar refractivity (Wildman–Crippen MR) is 137 cm³/mol. The highest BCUT2D eigenvalue weighted by Crippen LogP contribution is 2.52. The summed E-state index contributed by atoms with van der Waals surface area (Å²) in [6.45, 7) is 0.737. The molecule has 0 spiro atoms. The van der Waals surface area contributed by atoms with Crippen molar-refractivity contribution in [2.45, 2.75) is 55.3 Å². The van der Waals surface area contributed by atoms with E-state index in [0.717, 1.165) is 4.90 Å². The van der Waals surface area contributed by atoms with Crippen LogP contribution in [0.3, 0.4) is 0 Å².